The van der Waals surface area contributed by atoms with E-state index in [0.717, 1.165) is 4.47 Å². The highest BCUT2D eigenvalue weighted by Crippen LogP contribution is 2.28. The predicted octanol–water partition coefficient (Wildman–Crippen LogP) is 4.37. The van der Waals surface area contributed by atoms with Crippen molar-refractivity contribution < 1.29 is 9.90 Å². The molecule has 0 aliphatic heterocycles. The third kappa shape index (κ3) is 3.08. The molecule has 2 aromatic rings. The second kappa shape index (κ2) is 5.63. The smallest absolute Gasteiger partial charge is 0.259 e. The average molecular weight is 341 g/mol. The lowest BCUT2D eigenvalue weighted by atomic mass is 10.1. The van der Waals surface area contributed by atoms with Crippen molar-refractivity contribution in [2.45, 2.75) is 6.92 Å². The molecule has 0 spiro atoms. The van der Waals surface area contributed by atoms with Crippen molar-refractivity contribution in [1.29, 1.82) is 0 Å². The molecule has 2 rings (SSSR count). The van der Waals surface area contributed by atoms with Gasteiger partial charge in [0.1, 0.15) is 5.75 Å². The molecule has 0 aliphatic carbocycles. The summed E-state index contributed by atoms with van der Waals surface area (Å²) < 4.78 is 0.720. The quantitative estimate of drug-likeness (QED) is 0.853. The molecule has 0 fully saturated rings. The maximum atomic E-state index is 12.1. The van der Waals surface area contributed by atoms with Crippen LogP contribution < -0.4 is 5.32 Å². The van der Waals surface area contributed by atoms with Gasteiger partial charge in [-0.3, -0.25) is 4.79 Å². The van der Waals surface area contributed by atoms with E-state index in [4.69, 9.17) is 11.6 Å². The maximum absolute atomic E-state index is 12.1. The molecule has 0 bridgehead atoms. The molecular weight excluding hydrogens is 330 g/mol. The molecule has 0 saturated heterocycles. The molecule has 0 radical (unpaired) electrons. The zero-order chi connectivity index (χ0) is 14.0. The fourth-order valence-electron chi connectivity index (χ4n) is 1.63. The molecule has 0 heterocycles. The number of para-hydroxylation sites is 1. The highest BCUT2D eigenvalue weighted by atomic mass is 79.9. The van der Waals surface area contributed by atoms with Gasteiger partial charge in [0.25, 0.3) is 5.91 Å². The summed E-state index contributed by atoms with van der Waals surface area (Å²) >= 11 is 9.21. The summed E-state index contributed by atoms with van der Waals surface area (Å²) in [5.41, 5.74) is 1.43. The molecule has 1 amide bonds. The minimum Gasteiger partial charge on any atom is -0.507 e. The first-order valence-electron chi connectivity index (χ1n) is 5.54. The molecule has 0 aromatic heterocycles. The number of anilines is 1. The van der Waals surface area contributed by atoms with Crippen molar-refractivity contribution in [3.63, 3.8) is 0 Å². The molecule has 0 aliphatic rings. The molecule has 0 unspecified atom stereocenters. The minimum absolute atomic E-state index is 0.0156. The molecule has 2 aromatic carbocycles. The van der Waals surface area contributed by atoms with Crippen LogP contribution >= 0.6 is 27.5 Å². The molecule has 2 N–H and O–H groups in total. The van der Waals surface area contributed by atoms with Crippen molar-refractivity contribution in [1.82, 2.24) is 0 Å². The van der Waals surface area contributed by atoms with Gasteiger partial charge in [-0.1, -0.05) is 23.7 Å². The maximum Gasteiger partial charge on any atom is 0.259 e. The first-order chi connectivity index (χ1) is 8.99. The highest BCUT2D eigenvalue weighted by molar-refractivity contribution is 9.10. The van der Waals surface area contributed by atoms with Crippen LogP contribution in [0.2, 0.25) is 5.02 Å². The fourth-order valence-corrected chi connectivity index (χ4v) is 2.14. The average Bonchev–Trinajstić information content (AvgIpc) is 2.37. The van der Waals surface area contributed by atoms with Crippen molar-refractivity contribution in [3.05, 3.63) is 57.0 Å². The number of phenolic OH excluding ortho intramolecular Hbond substituents is 1. The standard InChI is InChI=1S/C14H11BrClNO2/c1-8-3-2-4-10(13(8)18)14(19)17-12-7-9(16)5-6-11(12)15/h2-7,18H,1H3,(H,17,19). The van der Waals surface area contributed by atoms with Crippen molar-refractivity contribution in [2.24, 2.45) is 0 Å². The van der Waals surface area contributed by atoms with Gasteiger partial charge >= 0.3 is 0 Å². The molecule has 98 valence electrons. The first-order valence-corrected chi connectivity index (χ1v) is 6.71. The number of amides is 1. The topological polar surface area (TPSA) is 49.3 Å². The Labute approximate surface area is 124 Å². The number of phenols is 1. The van der Waals surface area contributed by atoms with Crippen LogP contribution in [0.5, 0.6) is 5.75 Å². The normalized spacial score (nSPS) is 10.3. The Hall–Kier alpha value is -1.52. The monoisotopic (exact) mass is 339 g/mol. The van der Waals surface area contributed by atoms with Gasteiger partial charge in [-0.25, -0.2) is 0 Å². The van der Waals surface area contributed by atoms with E-state index < -0.39 is 0 Å². The van der Waals surface area contributed by atoms with Crippen molar-refractivity contribution in [2.75, 3.05) is 5.32 Å². The summed E-state index contributed by atoms with van der Waals surface area (Å²) in [5, 5.41) is 13.1. The Kier molecular flexibility index (Phi) is 4.12. The predicted molar refractivity (Wildman–Crippen MR) is 79.9 cm³/mol. The Bertz CT molecular complexity index is 643. The largest absolute Gasteiger partial charge is 0.507 e. The summed E-state index contributed by atoms with van der Waals surface area (Å²) in [5.74, 6) is -0.401. The summed E-state index contributed by atoms with van der Waals surface area (Å²) in [6, 6.07) is 10.1. The third-order valence-corrected chi connectivity index (χ3v) is 3.59. The molecule has 5 heteroatoms. The number of halogens is 2. The van der Waals surface area contributed by atoms with E-state index in [1.165, 1.54) is 0 Å². The number of carbonyl (C=O) groups excluding carboxylic acids is 1. The SMILES string of the molecule is Cc1cccc(C(=O)Nc2cc(Cl)ccc2Br)c1O. The van der Waals surface area contributed by atoms with Crippen molar-refractivity contribution in [3.8, 4) is 5.75 Å². The molecule has 0 saturated carbocycles. The van der Waals surface area contributed by atoms with Gasteiger partial charge in [-0.15, -0.1) is 0 Å². The number of nitrogens with one attached hydrogen (secondary N) is 1. The van der Waals surface area contributed by atoms with Crippen molar-refractivity contribution >= 4 is 39.1 Å². The second-order valence-electron chi connectivity index (χ2n) is 4.05. The van der Waals surface area contributed by atoms with Gasteiger partial charge in [0.2, 0.25) is 0 Å². The summed E-state index contributed by atoms with van der Waals surface area (Å²) in [6.45, 7) is 1.74. The Morgan fingerprint density at radius 1 is 1.32 bits per heavy atom. The van der Waals surface area contributed by atoms with E-state index in [-0.39, 0.29) is 17.2 Å². The zero-order valence-electron chi connectivity index (χ0n) is 10.1. The van der Waals surface area contributed by atoms with Gasteiger partial charge in [0.15, 0.2) is 0 Å². The van der Waals surface area contributed by atoms with Crippen LogP contribution in [-0.4, -0.2) is 11.0 Å². The number of hydrogen-bond donors (Lipinski definition) is 2. The minimum atomic E-state index is -0.385. The molecule has 0 atom stereocenters. The third-order valence-electron chi connectivity index (χ3n) is 2.66. The van der Waals surface area contributed by atoms with E-state index in [1.54, 1.807) is 43.3 Å². The van der Waals surface area contributed by atoms with Crippen LogP contribution in [0.3, 0.4) is 0 Å². The van der Waals surface area contributed by atoms with Gasteiger partial charge in [0.05, 0.1) is 11.3 Å². The summed E-state index contributed by atoms with van der Waals surface area (Å²) in [4.78, 5) is 12.1. The highest BCUT2D eigenvalue weighted by Gasteiger charge is 2.13. The number of aryl methyl sites for hydroxylation is 1. The van der Waals surface area contributed by atoms with E-state index in [1.807, 2.05) is 0 Å². The van der Waals surface area contributed by atoms with Gasteiger partial charge in [-0.2, -0.15) is 0 Å². The van der Waals surface area contributed by atoms with Crippen LogP contribution in [0, 0.1) is 6.92 Å². The number of aromatic hydroxyl groups is 1. The van der Waals surface area contributed by atoms with Gasteiger partial charge in [0, 0.05) is 9.50 Å². The lowest BCUT2D eigenvalue weighted by Gasteiger charge is -2.10. The number of carbonyl (C=O) groups is 1. The molecular formula is C14H11BrClNO2. The zero-order valence-corrected chi connectivity index (χ0v) is 12.4. The first kappa shape index (κ1) is 13.9. The Morgan fingerprint density at radius 3 is 2.79 bits per heavy atom. The van der Waals surface area contributed by atoms with Crippen LogP contribution in [-0.2, 0) is 0 Å². The molecule has 19 heavy (non-hydrogen) atoms. The van der Waals surface area contributed by atoms with Gasteiger partial charge in [-0.05, 0) is 52.7 Å². The lowest BCUT2D eigenvalue weighted by Crippen LogP contribution is -2.12. The summed E-state index contributed by atoms with van der Waals surface area (Å²) in [7, 11) is 0. The Morgan fingerprint density at radius 2 is 2.05 bits per heavy atom. The fraction of sp³-hybridized carbons (Fsp3) is 0.0714. The van der Waals surface area contributed by atoms with Crippen LogP contribution in [0.15, 0.2) is 40.9 Å². The van der Waals surface area contributed by atoms with E-state index in [2.05, 4.69) is 21.2 Å². The Balaban J connectivity index is 2.31. The number of hydrogen-bond acceptors (Lipinski definition) is 2. The van der Waals surface area contributed by atoms with Crippen LogP contribution in [0.4, 0.5) is 5.69 Å². The van der Waals surface area contributed by atoms with E-state index >= 15 is 0 Å². The van der Waals surface area contributed by atoms with Crippen LogP contribution in [0.1, 0.15) is 15.9 Å². The second-order valence-corrected chi connectivity index (χ2v) is 5.34. The van der Waals surface area contributed by atoms with E-state index in [0.29, 0.717) is 16.3 Å². The van der Waals surface area contributed by atoms with Crippen LogP contribution in [0.25, 0.3) is 0 Å². The number of benzene rings is 2. The van der Waals surface area contributed by atoms with E-state index in [9.17, 15) is 9.90 Å². The lowest BCUT2D eigenvalue weighted by molar-refractivity contribution is 0.102. The molecule has 3 nitrogen and oxygen atoms in total. The number of rotatable bonds is 2. The van der Waals surface area contributed by atoms with Gasteiger partial charge < -0.3 is 10.4 Å². The summed E-state index contributed by atoms with van der Waals surface area (Å²) in [6.07, 6.45) is 0.